The first-order valence-electron chi connectivity index (χ1n) is 6.91. The highest BCUT2D eigenvalue weighted by atomic mass is 13.9. The molecule has 106 valence electrons. The highest BCUT2D eigenvalue weighted by Gasteiger charge is 1.88. The summed E-state index contributed by atoms with van der Waals surface area (Å²) in [4.78, 5) is 0. The monoisotopic (exact) mass is 250 g/mol. The topological polar surface area (TPSA) is 0 Å². The molecule has 0 radical (unpaired) electrons. The molecule has 0 nitrogen and oxygen atoms in total. The molecule has 0 aliphatic carbocycles. The highest BCUT2D eigenvalue weighted by Crippen LogP contribution is 2.08. The van der Waals surface area contributed by atoms with E-state index in [1.54, 1.807) is 0 Å². The van der Waals surface area contributed by atoms with Crippen molar-refractivity contribution < 1.29 is 0 Å². The van der Waals surface area contributed by atoms with Crippen LogP contribution in [0, 0.1) is 0 Å². The van der Waals surface area contributed by atoms with Gasteiger partial charge in [0.15, 0.2) is 0 Å². The van der Waals surface area contributed by atoms with E-state index < -0.39 is 0 Å². The van der Waals surface area contributed by atoms with Crippen molar-refractivity contribution in [3.8, 4) is 0 Å². The first kappa shape index (κ1) is 25.5. The number of rotatable bonds is 4. The fourth-order valence-corrected chi connectivity index (χ4v) is 0.710. The van der Waals surface area contributed by atoms with Gasteiger partial charge >= 0.3 is 0 Å². The molecule has 18 heavy (non-hydrogen) atoms. The molecule has 0 aromatic carbocycles. The van der Waals surface area contributed by atoms with Gasteiger partial charge in [-0.2, -0.15) is 0 Å². The molecule has 0 aliphatic heterocycles. The van der Waals surface area contributed by atoms with Gasteiger partial charge in [0.1, 0.15) is 0 Å². The molecule has 0 bridgehead atoms. The molecule has 0 spiro atoms. The maximum Gasteiger partial charge on any atom is -0.0233 e. The second kappa shape index (κ2) is 24.8. The minimum absolute atomic E-state index is 1.03. The van der Waals surface area contributed by atoms with Crippen LogP contribution in [0.25, 0.3) is 0 Å². The van der Waals surface area contributed by atoms with Gasteiger partial charge in [-0.1, -0.05) is 91.2 Å². The van der Waals surface area contributed by atoms with Crippen LogP contribution in [0.3, 0.4) is 0 Å². The lowest BCUT2D eigenvalue weighted by Crippen LogP contribution is -1.77. The number of hydrogen-bond donors (Lipinski definition) is 0. The van der Waals surface area contributed by atoms with Gasteiger partial charge in [-0.25, -0.2) is 0 Å². The predicted molar refractivity (Wildman–Crippen MR) is 91.1 cm³/mol. The lowest BCUT2D eigenvalue weighted by Gasteiger charge is -1.97. The van der Waals surface area contributed by atoms with E-state index in [1.807, 2.05) is 79.7 Å². The van der Waals surface area contributed by atoms with E-state index in [9.17, 15) is 0 Å². The summed E-state index contributed by atoms with van der Waals surface area (Å²) in [6, 6.07) is 0. The largest absolute Gasteiger partial charge is 0.0988 e. The van der Waals surface area contributed by atoms with Crippen molar-refractivity contribution in [2.45, 2.75) is 55.4 Å². The molecule has 0 aromatic heterocycles. The Kier molecular flexibility index (Phi) is 35.1. The molecule has 0 unspecified atom stereocenters. The zero-order valence-electron chi connectivity index (χ0n) is 13.9. The van der Waals surface area contributed by atoms with Crippen molar-refractivity contribution in [3.05, 3.63) is 60.8 Å². The van der Waals surface area contributed by atoms with Crippen molar-refractivity contribution in [1.82, 2.24) is 0 Å². The highest BCUT2D eigenvalue weighted by molar-refractivity contribution is 5.40. The normalized spacial score (nSPS) is 9.33. The van der Waals surface area contributed by atoms with Gasteiger partial charge in [0.05, 0.1) is 0 Å². The first-order valence-corrected chi connectivity index (χ1v) is 6.91. The van der Waals surface area contributed by atoms with Crippen LogP contribution >= 0.6 is 0 Å². The standard InChI is InChI=1S/C12H16.3C2H6/c1-6-11(5)12(7-2)9-8-10(3)4;3*1-2/h6-9H,1-3H2,4-5H3;3*1-2H3/b9-8-,12-11+;;;. The summed E-state index contributed by atoms with van der Waals surface area (Å²) in [5.41, 5.74) is 3.25. The molecule has 0 fully saturated rings. The van der Waals surface area contributed by atoms with Crippen LogP contribution in [0.15, 0.2) is 60.8 Å². The molecule has 0 atom stereocenters. The van der Waals surface area contributed by atoms with E-state index in [0.717, 1.165) is 16.7 Å². The average molecular weight is 250 g/mol. The Bertz CT molecular complexity index is 249. The Morgan fingerprint density at radius 2 is 1.11 bits per heavy atom. The second-order valence-electron chi connectivity index (χ2n) is 2.73. The second-order valence-corrected chi connectivity index (χ2v) is 2.73. The maximum atomic E-state index is 3.78. The van der Waals surface area contributed by atoms with E-state index in [4.69, 9.17) is 0 Å². The molecule has 0 aliphatic rings. The van der Waals surface area contributed by atoms with Crippen LogP contribution in [0.5, 0.6) is 0 Å². The SMILES string of the molecule is C=C/C(C)=C(C=C)/C=C\C(=C)C.CC.CC.CC. The molecule has 0 saturated carbocycles. The molecular weight excluding hydrogens is 216 g/mol. The third kappa shape index (κ3) is 20.2. The summed E-state index contributed by atoms with van der Waals surface area (Å²) >= 11 is 0. The van der Waals surface area contributed by atoms with Crippen LogP contribution in [-0.4, -0.2) is 0 Å². The van der Waals surface area contributed by atoms with Crippen molar-refractivity contribution in [3.63, 3.8) is 0 Å². The minimum atomic E-state index is 1.03. The van der Waals surface area contributed by atoms with E-state index in [2.05, 4.69) is 19.7 Å². The fraction of sp³-hybridized carbons (Fsp3) is 0.444. The lowest BCUT2D eigenvalue weighted by molar-refractivity contribution is 1.45. The molecule has 0 amide bonds. The Morgan fingerprint density at radius 1 is 0.722 bits per heavy atom. The molecule has 0 rings (SSSR count). The summed E-state index contributed by atoms with van der Waals surface area (Å²) < 4.78 is 0. The molecule has 0 heterocycles. The Labute approximate surface area is 117 Å². The van der Waals surface area contributed by atoms with Gasteiger partial charge < -0.3 is 0 Å². The molecule has 0 heteroatoms. The van der Waals surface area contributed by atoms with Crippen molar-refractivity contribution >= 4 is 0 Å². The van der Waals surface area contributed by atoms with Crippen molar-refractivity contribution in [2.24, 2.45) is 0 Å². The maximum absolute atomic E-state index is 3.78. The molecular formula is C18H34. The van der Waals surface area contributed by atoms with Gasteiger partial charge in [-0.05, 0) is 25.0 Å². The van der Waals surface area contributed by atoms with Crippen LogP contribution in [0.1, 0.15) is 55.4 Å². The zero-order valence-corrected chi connectivity index (χ0v) is 13.9. The van der Waals surface area contributed by atoms with Gasteiger partial charge in [0.2, 0.25) is 0 Å². The van der Waals surface area contributed by atoms with E-state index in [-0.39, 0.29) is 0 Å². The van der Waals surface area contributed by atoms with Gasteiger partial charge in [0, 0.05) is 0 Å². The molecule has 0 saturated heterocycles. The van der Waals surface area contributed by atoms with Crippen LogP contribution in [0.2, 0.25) is 0 Å². The predicted octanol–water partition coefficient (Wildman–Crippen LogP) is 6.89. The molecule has 0 aromatic rings. The van der Waals surface area contributed by atoms with Crippen molar-refractivity contribution in [2.75, 3.05) is 0 Å². The summed E-state index contributed by atoms with van der Waals surface area (Å²) in [6.45, 7) is 27.2. The van der Waals surface area contributed by atoms with E-state index in [0.29, 0.717) is 0 Å². The summed E-state index contributed by atoms with van der Waals surface area (Å²) in [7, 11) is 0. The fourth-order valence-electron chi connectivity index (χ4n) is 0.710. The quantitative estimate of drug-likeness (QED) is 0.477. The number of allylic oxidation sites excluding steroid dienone is 7. The van der Waals surface area contributed by atoms with Gasteiger partial charge in [-0.3, -0.25) is 0 Å². The zero-order chi connectivity index (χ0) is 15.6. The summed E-state index contributed by atoms with van der Waals surface area (Å²) in [5, 5.41) is 0. The lowest BCUT2D eigenvalue weighted by atomic mass is 10.1. The average Bonchev–Trinajstić information content (AvgIpc) is 2.45. The number of hydrogen-bond acceptors (Lipinski definition) is 0. The summed E-state index contributed by atoms with van der Waals surface area (Å²) in [6.07, 6.45) is 7.59. The van der Waals surface area contributed by atoms with Crippen LogP contribution < -0.4 is 0 Å². The van der Waals surface area contributed by atoms with Crippen LogP contribution in [-0.2, 0) is 0 Å². The van der Waals surface area contributed by atoms with Crippen molar-refractivity contribution in [1.29, 1.82) is 0 Å². The Hall–Kier alpha value is -1.30. The smallest absolute Gasteiger partial charge is 0.0233 e. The van der Waals surface area contributed by atoms with E-state index in [1.165, 1.54) is 0 Å². The summed E-state index contributed by atoms with van der Waals surface area (Å²) in [5.74, 6) is 0. The van der Waals surface area contributed by atoms with Crippen LogP contribution in [0.4, 0.5) is 0 Å². The third-order valence-electron chi connectivity index (χ3n) is 1.53. The Morgan fingerprint density at radius 3 is 1.33 bits per heavy atom. The van der Waals surface area contributed by atoms with Gasteiger partial charge in [-0.15, -0.1) is 0 Å². The Balaban J connectivity index is -0.000000141. The molecule has 0 N–H and O–H groups in total. The first-order chi connectivity index (χ1) is 8.61. The third-order valence-corrected chi connectivity index (χ3v) is 1.53. The van der Waals surface area contributed by atoms with Gasteiger partial charge in [0.25, 0.3) is 0 Å². The minimum Gasteiger partial charge on any atom is -0.0988 e. The van der Waals surface area contributed by atoms with E-state index >= 15 is 0 Å².